The van der Waals surface area contributed by atoms with Crippen LogP contribution in [-0.2, 0) is 17.8 Å². The lowest BCUT2D eigenvalue weighted by Gasteiger charge is -2.33. The largest absolute Gasteiger partial charge is 0.349 e. The second-order valence-electron chi connectivity index (χ2n) is 8.86. The maximum absolute atomic E-state index is 13.0. The zero-order valence-corrected chi connectivity index (χ0v) is 19.6. The lowest BCUT2D eigenvalue weighted by atomic mass is 9.90. The van der Waals surface area contributed by atoms with Crippen molar-refractivity contribution in [1.29, 1.82) is 0 Å². The number of fused-ring (bicyclic) bond motifs is 2. The van der Waals surface area contributed by atoms with Gasteiger partial charge in [-0.05, 0) is 32.0 Å². The number of allylic oxidation sites excluding steroid dienone is 2. The van der Waals surface area contributed by atoms with E-state index in [1.807, 2.05) is 11.0 Å². The summed E-state index contributed by atoms with van der Waals surface area (Å²) in [5.41, 5.74) is 1.05. The molecule has 0 spiro atoms. The Balaban J connectivity index is 1.22. The summed E-state index contributed by atoms with van der Waals surface area (Å²) in [5.74, 6) is 0.506. The number of amidine groups is 1. The predicted molar refractivity (Wildman–Crippen MR) is 125 cm³/mol. The van der Waals surface area contributed by atoms with Gasteiger partial charge in [0.2, 0.25) is 5.91 Å². The molecule has 1 unspecified atom stereocenters. The van der Waals surface area contributed by atoms with Crippen molar-refractivity contribution in [1.82, 2.24) is 25.4 Å². The molecule has 1 aromatic rings. The first kappa shape index (κ1) is 21.6. The number of nitrogens with one attached hydrogen (secondary N) is 2. The zero-order valence-electron chi connectivity index (χ0n) is 18.0. The molecule has 10 heteroatoms. The molecule has 8 nitrogen and oxygen atoms in total. The number of aromatic nitrogens is 1. The standard InChI is InChI=1S/C22H27ClN6O2S/c1-28-9-8-16-18(12-28)32-22(27-16)21(31)26-15-5-3-2-4-14(15)25-20(30)17-11-29-10-13(23)6-7-19(29)24-17/h6-7,10,14-15,17H,2-5,8-9,11-12H2,1H3,(H,25,30)(H,26,31)/t14-,15+,17?/m0/s1. The van der Waals surface area contributed by atoms with E-state index in [4.69, 9.17) is 11.6 Å². The second-order valence-corrected chi connectivity index (χ2v) is 10.4. The highest BCUT2D eigenvalue weighted by molar-refractivity contribution is 7.13. The van der Waals surface area contributed by atoms with E-state index >= 15 is 0 Å². The number of rotatable bonds is 4. The summed E-state index contributed by atoms with van der Waals surface area (Å²) in [4.78, 5) is 40.3. The second kappa shape index (κ2) is 8.96. The Morgan fingerprint density at radius 1 is 1.19 bits per heavy atom. The number of carbonyl (C=O) groups is 2. The highest BCUT2D eigenvalue weighted by Gasteiger charge is 2.34. The van der Waals surface area contributed by atoms with Gasteiger partial charge in [0.1, 0.15) is 11.9 Å². The Bertz CT molecular complexity index is 1020. The van der Waals surface area contributed by atoms with Crippen LogP contribution in [0.1, 0.15) is 46.1 Å². The van der Waals surface area contributed by atoms with Crippen LogP contribution in [0.25, 0.3) is 0 Å². The molecule has 1 aromatic heterocycles. The maximum atomic E-state index is 13.0. The molecule has 3 atom stereocenters. The molecule has 1 fully saturated rings. The van der Waals surface area contributed by atoms with Crippen molar-refractivity contribution >= 4 is 40.6 Å². The molecule has 1 saturated carbocycles. The van der Waals surface area contributed by atoms with Gasteiger partial charge in [0, 0.05) is 42.7 Å². The number of hydrogen-bond acceptors (Lipinski definition) is 7. The van der Waals surface area contributed by atoms with Gasteiger partial charge in [-0.15, -0.1) is 11.3 Å². The van der Waals surface area contributed by atoms with Crippen molar-refractivity contribution in [3.05, 3.63) is 39.0 Å². The Labute approximate surface area is 196 Å². The van der Waals surface area contributed by atoms with Crippen molar-refractivity contribution in [3.63, 3.8) is 0 Å². The van der Waals surface area contributed by atoms with Crippen LogP contribution in [0.5, 0.6) is 0 Å². The molecular formula is C22H27ClN6O2S. The maximum Gasteiger partial charge on any atom is 0.280 e. The van der Waals surface area contributed by atoms with Crippen LogP contribution in [0.15, 0.2) is 28.4 Å². The molecule has 0 saturated heterocycles. The summed E-state index contributed by atoms with van der Waals surface area (Å²) >= 11 is 7.54. The molecule has 5 rings (SSSR count). The quantitative estimate of drug-likeness (QED) is 0.696. The number of carbonyl (C=O) groups excluding carboxylic acids is 2. The fraction of sp³-hybridized carbons (Fsp3) is 0.545. The topological polar surface area (TPSA) is 89.9 Å². The molecule has 2 amide bonds. The van der Waals surface area contributed by atoms with E-state index in [2.05, 4.69) is 32.6 Å². The van der Waals surface area contributed by atoms with Gasteiger partial charge < -0.3 is 20.4 Å². The first-order valence-electron chi connectivity index (χ1n) is 11.1. The molecule has 4 heterocycles. The van der Waals surface area contributed by atoms with Crippen LogP contribution in [0, 0.1) is 0 Å². The smallest absolute Gasteiger partial charge is 0.280 e. The predicted octanol–water partition coefficient (Wildman–Crippen LogP) is 2.02. The minimum absolute atomic E-state index is 0.102. The minimum atomic E-state index is -0.477. The third-order valence-corrected chi connectivity index (χ3v) is 7.76. The average Bonchev–Trinajstić information content (AvgIpc) is 3.38. The van der Waals surface area contributed by atoms with Crippen LogP contribution in [0.4, 0.5) is 0 Å². The summed E-state index contributed by atoms with van der Waals surface area (Å²) in [5, 5.41) is 7.45. The van der Waals surface area contributed by atoms with Gasteiger partial charge in [-0.25, -0.2) is 4.98 Å². The Hall–Kier alpha value is -2.23. The van der Waals surface area contributed by atoms with Crippen LogP contribution in [0.3, 0.4) is 0 Å². The summed E-state index contributed by atoms with van der Waals surface area (Å²) < 4.78 is 0. The molecule has 0 aromatic carbocycles. The van der Waals surface area contributed by atoms with Gasteiger partial charge in [-0.3, -0.25) is 14.6 Å². The van der Waals surface area contributed by atoms with E-state index in [9.17, 15) is 9.59 Å². The molecule has 2 N–H and O–H groups in total. The monoisotopic (exact) mass is 474 g/mol. The van der Waals surface area contributed by atoms with Gasteiger partial charge in [0.25, 0.3) is 5.91 Å². The van der Waals surface area contributed by atoms with Gasteiger partial charge in [0.05, 0.1) is 17.3 Å². The Kier molecular flexibility index (Phi) is 6.05. The van der Waals surface area contributed by atoms with E-state index in [0.29, 0.717) is 16.6 Å². The number of hydrogen-bond donors (Lipinski definition) is 2. The number of halogens is 1. The molecule has 0 bridgehead atoms. The average molecular weight is 475 g/mol. The third-order valence-electron chi connectivity index (χ3n) is 6.45. The highest BCUT2D eigenvalue weighted by Crippen LogP contribution is 2.26. The van der Waals surface area contributed by atoms with Gasteiger partial charge >= 0.3 is 0 Å². The Morgan fingerprint density at radius 3 is 2.78 bits per heavy atom. The number of nitrogens with zero attached hydrogens (tertiary/aromatic N) is 4. The molecule has 3 aliphatic heterocycles. The normalized spacial score (nSPS) is 27.3. The van der Waals surface area contributed by atoms with Gasteiger partial charge in [0.15, 0.2) is 5.01 Å². The molecule has 170 valence electrons. The molecule has 0 radical (unpaired) electrons. The first-order chi connectivity index (χ1) is 15.5. The third kappa shape index (κ3) is 4.46. The highest BCUT2D eigenvalue weighted by atomic mass is 35.5. The van der Waals surface area contributed by atoms with E-state index in [1.165, 1.54) is 16.2 Å². The molecule has 1 aliphatic carbocycles. The number of amides is 2. The fourth-order valence-corrected chi connectivity index (χ4v) is 5.98. The Morgan fingerprint density at radius 2 is 1.97 bits per heavy atom. The first-order valence-corrected chi connectivity index (χ1v) is 12.3. The summed E-state index contributed by atoms with van der Waals surface area (Å²) in [6.45, 7) is 2.29. The molecule has 4 aliphatic rings. The molecule has 32 heavy (non-hydrogen) atoms. The van der Waals surface area contributed by atoms with E-state index in [1.54, 1.807) is 12.3 Å². The summed E-state index contributed by atoms with van der Waals surface area (Å²) in [6, 6.07) is -0.683. The van der Waals surface area contributed by atoms with Crippen molar-refractivity contribution in [2.45, 2.75) is 56.8 Å². The minimum Gasteiger partial charge on any atom is -0.349 e. The summed E-state index contributed by atoms with van der Waals surface area (Å²) in [6.07, 6.45) is 10.0. The van der Waals surface area contributed by atoms with Crippen molar-refractivity contribution in [3.8, 4) is 0 Å². The lowest BCUT2D eigenvalue weighted by Crippen LogP contribution is -2.55. The fourth-order valence-electron chi connectivity index (χ4n) is 4.71. The number of thiazole rings is 1. The number of aliphatic imine (C=N–C) groups is 1. The van der Waals surface area contributed by atoms with Crippen molar-refractivity contribution in [2.24, 2.45) is 4.99 Å². The SMILES string of the molecule is CN1CCc2nc(C(=O)N[C@@H]3CCCC[C@@H]3NC(=O)C3CN4C=C(Cl)C=CC4=N3)sc2C1. The summed E-state index contributed by atoms with van der Waals surface area (Å²) in [7, 11) is 2.08. The van der Waals surface area contributed by atoms with E-state index in [0.717, 1.165) is 56.7 Å². The van der Waals surface area contributed by atoms with E-state index in [-0.39, 0.29) is 23.9 Å². The van der Waals surface area contributed by atoms with Crippen LogP contribution in [0.2, 0.25) is 0 Å². The van der Waals surface area contributed by atoms with Crippen molar-refractivity contribution < 1.29 is 9.59 Å². The van der Waals surface area contributed by atoms with Crippen molar-refractivity contribution in [2.75, 3.05) is 20.1 Å². The number of likely N-dealkylation sites (N-methyl/N-ethyl adjacent to an activating group) is 1. The van der Waals surface area contributed by atoms with Gasteiger partial charge in [-0.1, -0.05) is 24.4 Å². The van der Waals surface area contributed by atoms with Crippen LogP contribution < -0.4 is 10.6 Å². The van der Waals surface area contributed by atoms with Crippen LogP contribution >= 0.6 is 22.9 Å². The zero-order chi connectivity index (χ0) is 22.2. The van der Waals surface area contributed by atoms with Crippen LogP contribution in [-0.4, -0.2) is 70.7 Å². The van der Waals surface area contributed by atoms with Gasteiger partial charge in [-0.2, -0.15) is 0 Å². The van der Waals surface area contributed by atoms with E-state index < -0.39 is 6.04 Å². The molecular weight excluding hydrogens is 448 g/mol. The lowest BCUT2D eigenvalue weighted by molar-refractivity contribution is -0.123.